The lowest BCUT2D eigenvalue weighted by molar-refractivity contribution is 0.660. The van der Waals surface area contributed by atoms with Crippen molar-refractivity contribution in [3.63, 3.8) is 0 Å². The van der Waals surface area contributed by atoms with E-state index in [9.17, 15) is 0 Å². The number of hydrogen-bond donors (Lipinski definition) is 0. The molecule has 0 N–H and O–H groups in total. The van der Waals surface area contributed by atoms with E-state index in [0.29, 0.717) is 0 Å². The summed E-state index contributed by atoms with van der Waals surface area (Å²) in [5, 5.41) is 2.52. The van der Waals surface area contributed by atoms with Crippen molar-refractivity contribution in [2.75, 3.05) is 4.90 Å². The molecule has 0 spiro atoms. The number of benzene rings is 8. The van der Waals surface area contributed by atoms with Crippen molar-refractivity contribution in [1.29, 1.82) is 0 Å². The summed E-state index contributed by atoms with van der Waals surface area (Å²) in [5.41, 5.74) is 20.1. The van der Waals surface area contributed by atoms with Gasteiger partial charge >= 0.3 is 0 Å². The summed E-state index contributed by atoms with van der Waals surface area (Å²) in [7, 11) is 0. The van der Waals surface area contributed by atoms with Gasteiger partial charge in [0.05, 0.1) is 16.7 Å². The molecule has 2 heteroatoms. The maximum atomic E-state index is 2.51. The van der Waals surface area contributed by atoms with E-state index in [4.69, 9.17) is 0 Å². The van der Waals surface area contributed by atoms with Crippen LogP contribution in [0.25, 0.3) is 60.9 Å². The molecule has 2 aliphatic rings. The summed E-state index contributed by atoms with van der Waals surface area (Å²) in [6.45, 7) is 9.45. The Labute approximate surface area is 328 Å². The SMILES string of the molecule is CC1(C)c2ccccc2-c2cc(N(c3cccc(-c4ccc5c6ccccc6n(-c6ccccc6)c5c4)c3)c3cccc4c3-c3ccccc3C4(C)C)ccc21. The highest BCUT2D eigenvalue weighted by atomic mass is 15.1. The van der Waals surface area contributed by atoms with Crippen LogP contribution in [0.4, 0.5) is 17.1 Å². The fourth-order valence-electron chi connectivity index (χ4n) is 10.0. The molecule has 1 aromatic heterocycles. The quantitative estimate of drug-likeness (QED) is 0.172. The summed E-state index contributed by atoms with van der Waals surface area (Å²) in [4.78, 5) is 2.51. The highest BCUT2D eigenvalue weighted by Gasteiger charge is 2.39. The van der Waals surface area contributed by atoms with Crippen molar-refractivity contribution in [2.24, 2.45) is 0 Å². The van der Waals surface area contributed by atoms with E-state index in [2.05, 4.69) is 219 Å². The lowest BCUT2D eigenvalue weighted by Gasteiger charge is -2.30. The Hall–Kier alpha value is -6.64. The van der Waals surface area contributed by atoms with Crippen LogP contribution in [0.5, 0.6) is 0 Å². The Bertz CT molecular complexity index is 3030. The van der Waals surface area contributed by atoms with Gasteiger partial charge in [-0.15, -0.1) is 0 Å². The summed E-state index contributed by atoms with van der Waals surface area (Å²) >= 11 is 0. The van der Waals surface area contributed by atoms with Gasteiger partial charge in [0.15, 0.2) is 0 Å². The number of hydrogen-bond acceptors (Lipinski definition) is 1. The third-order valence-corrected chi connectivity index (χ3v) is 12.8. The predicted octanol–water partition coefficient (Wildman–Crippen LogP) is 14.5. The first-order valence-corrected chi connectivity index (χ1v) is 19.8. The van der Waals surface area contributed by atoms with Gasteiger partial charge < -0.3 is 9.47 Å². The molecule has 0 fully saturated rings. The Morgan fingerprint density at radius 2 is 1.00 bits per heavy atom. The van der Waals surface area contributed by atoms with Crippen molar-refractivity contribution >= 4 is 38.9 Å². The maximum Gasteiger partial charge on any atom is 0.0547 e. The molecule has 0 amide bonds. The number of aromatic nitrogens is 1. The normalized spacial score (nSPS) is 14.4. The highest BCUT2D eigenvalue weighted by Crippen LogP contribution is 2.56. The molecule has 0 atom stereocenters. The predicted molar refractivity (Wildman–Crippen MR) is 236 cm³/mol. The van der Waals surface area contributed by atoms with Crippen molar-refractivity contribution in [2.45, 2.75) is 38.5 Å². The third-order valence-electron chi connectivity index (χ3n) is 12.8. The lowest BCUT2D eigenvalue weighted by Crippen LogP contribution is -2.16. The van der Waals surface area contributed by atoms with Gasteiger partial charge in [-0.05, 0) is 105 Å². The van der Waals surface area contributed by atoms with E-state index in [-0.39, 0.29) is 10.8 Å². The van der Waals surface area contributed by atoms with Gasteiger partial charge in [0, 0.05) is 44.2 Å². The smallest absolute Gasteiger partial charge is 0.0547 e. The molecule has 0 aliphatic heterocycles. The van der Waals surface area contributed by atoms with Crippen LogP contribution in [0, 0.1) is 0 Å². The average molecular weight is 719 g/mol. The second kappa shape index (κ2) is 11.9. The summed E-state index contributed by atoms with van der Waals surface area (Å²) in [5.74, 6) is 0. The molecular weight excluding hydrogens is 677 g/mol. The van der Waals surface area contributed by atoms with Gasteiger partial charge in [0.25, 0.3) is 0 Å². The highest BCUT2D eigenvalue weighted by molar-refractivity contribution is 6.10. The summed E-state index contributed by atoms with van der Waals surface area (Å²) < 4.78 is 2.40. The Balaban J connectivity index is 1.13. The zero-order valence-corrected chi connectivity index (χ0v) is 32.2. The fraction of sp³-hybridized carbons (Fsp3) is 0.111. The maximum absolute atomic E-state index is 2.51. The Morgan fingerprint density at radius 3 is 1.84 bits per heavy atom. The second-order valence-corrected chi connectivity index (χ2v) is 16.6. The van der Waals surface area contributed by atoms with Crippen molar-refractivity contribution in [1.82, 2.24) is 4.57 Å². The van der Waals surface area contributed by atoms with Gasteiger partial charge in [-0.25, -0.2) is 0 Å². The third kappa shape index (κ3) is 4.62. The minimum Gasteiger partial charge on any atom is -0.310 e. The molecule has 2 aliphatic carbocycles. The first-order chi connectivity index (χ1) is 27.3. The van der Waals surface area contributed by atoms with Crippen LogP contribution in [0.1, 0.15) is 49.9 Å². The number of fused-ring (bicyclic) bond motifs is 9. The summed E-state index contributed by atoms with van der Waals surface area (Å²) in [6, 6.07) is 67.6. The Kier molecular flexibility index (Phi) is 6.98. The molecule has 0 radical (unpaired) electrons. The van der Waals surface area contributed by atoms with Crippen molar-refractivity contribution in [3.8, 4) is 39.1 Å². The van der Waals surface area contributed by atoms with Crippen LogP contribution in [0.3, 0.4) is 0 Å². The van der Waals surface area contributed by atoms with Gasteiger partial charge in [-0.1, -0.05) is 155 Å². The van der Waals surface area contributed by atoms with Crippen LogP contribution in [-0.2, 0) is 10.8 Å². The second-order valence-electron chi connectivity index (χ2n) is 16.6. The van der Waals surface area contributed by atoms with Gasteiger partial charge in [-0.3, -0.25) is 0 Å². The van der Waals surface area contributed by atoms with E-state index in [1.165, 1.54) is 88.8 Å². The largest absolute Gasteiger partial charge is 0.310 e. The van der Waals surface area contributed by atoms with Crippen molar-refractivity contribution in [3.05, 3.63) is 204 Å². The molecule has 0 bridgehead atoms. The number of anilines is 3. The van der Waals surface area contributed by atoms with E-state index in [0.717, 1.165) is 11.4 Å². The zero-order valence-electron chi connectivity index (χ0n) is 32.2. The van der Waals surface area contributed by atoms with E-state index in [1.54, 1.807) is 0 Å². The molecule has 2 nitrogen and oxygen atoms in total. The van der Waals surface area contributed by atoms with E-state index in [1.807, 2.05) is 0 Å². The molecule has 11 rings (SSSR count). The summed E-state index contributed by atoms with van der Waals surface area (Å²) in [6.07, 6.45) is 0. The molecular formula is C54H42N2. The van der Waals surface area contributed by atoms with Crippen LogP contribution in [-0.4, -0.2) is 4.57 Å². The van der Waals surface area contributed by atoms with Crippen LogP contribution >= 0.6 is 0 Å². The molecule has 0 unspecified atom stereocenters. The molecule has 268 valence electrons. The topological polar surface area (TPSA) is 8.17 Å². The Morgan fingerprint density at radius 1 is 0.393 bits per heavy atom. The van der Waals surface area contributed by atoms with Crippen LogP contribution < -0.4 is 4.90 Å². The minimum atomic E-state index is -0.108. The molecule has 0 saturated heterocycles. The molecule has 1 heterocycles. The van der Waals surface area contributed by atoms with Gasteiger partial charge in [0.2, 0.25) is 0 Å². The molecule has 8 aromatic carbocycles. The number of nitrogens with zero attached hydrogens (tertiary/aromatic N) is 2. The number of rotatable bonds is 5. The first-order valence-electron chi connectivity index (χ1n) is 19.8. The monoisotopic (exact) mass is 718 g/mol. The molecule has 9 aromatic rings. The molecule has 56 heavy (non-hydrogen) atoms. The zero-order chi connectivity index (χ0) is 37.8. The molecule has 0 saturated carbocycles. The fourth-order valence-corrected chi connectivity index (χ4v) is 10.0. The minimum absolute atomic E-state index is 0.0625. The van der Waals surface area contributed by atoms with E-state index < -0.39 is 0 Å². The van der Waals surface area contributed by atoms with Gasteiger partial charge in [-0.2, -0.15) is 0 Å². The van der Waals surface area contributed by atoms with Crippen LogP contribution in [0.2, 0.25) is 0 Å². The van der Waals surface area contributed by atoms with Crippen LogP contribution in [0.15, 0.2) is 182 Å². The first kappa shape index (κ1) is 32.8. The standard InChI is InChI=1S/C54H42N2/c1-53(2)45-23-11-8-20-40(45)44-34-39(29-31-47(44)53)55(50-27-15-25-48-52(50)43-22-9-12-24-46(43)54(48,3)4)38-19-14-16-35(32-38)36-28-30-42-41-21-10-13-26-49(41)56(51(42)33-36)37-17-6-5-7-18-37/h5-34H,1-4H3. The number of para-hydroxylation sites is 2. The van der Waals surface area contributed by atoms with E-state index >= 15 is 0 Å². The van der Waals surface area contributed by atoms with Gasteiger partial charge in [0.1, 0.15) is 0 Å². The van der Waals surface area contributed by atoms with Crippen molar-refractivity contribution < 1.29 is 0 Å². The lowest BCUT2D eigenvalue weighted by atomic mass is 9.82. The average Bonchev–Trinajstić information content (AvgIpc) is 3.78.